The number of rotatable bonds is 3. The Bertz CT molecular complexity index is 280. The van der Waals surface area contributed by atoms with Gasteiger partial charge in [-0.05, 0) is 13.3 Å². The number of ketones is 1. The van der Waals surface area contributed by atoms with E-state index in [1.807, 2.05) is 0 Å². The smallest absolute Gasteiger partial charge is 0.343 e. The van der Waals surface area contributed by atoms with Crippen LogP contribution in [0.1, 0.15) is 27.0 Å². The highest BCUT2D eigenvalue weighted by Crippen LogP contribution is 2.10. The van der Waals surface area contributed by atoms with Crippen molar-refractivity contribution < 1.29 is 26.7 Å². The van der Waals surface area contributed by atoms with Crippen molar-refractivity contribution in [3.8, 4) is 0 Å². The van der Waals surface area contributed by atoms with Crippen molar-refractivity contribution in [2.45, 2.75) is 25.7 Å². The van der Waals surface area contributed by atoms with Crippen LogP contribution in [0.15, 0.2) is 0 Å². The van der Waals surface area contributed by atoms with Crippen LogP contribution in [0, 0.1) is 0 Å². The molecule has 58 valence electrons. The standard InChI is InChI=1S/C6H10O4/c1-3-6(10,4(2)7)5(8)9/h10H,3H2,1-2H3,(H,8,9)/i1D3,2+1,3D2. The molecule has 0 saturated heterocycles. The number of carboxylic acids is 1. The van der Waals surface area contributed by atoms with Gasteiger partial charge in [-0.2, -0.15) is 0 Å². The van der Waals surface area contributed by atoms with E-state index in [1.54, 1.807) is 0 Å². The average molecular weight is 152 g/mol. The molecule has 0 aromatic carbocycles. The first kappa shape index (κ1) is 3.48. The molecular weight excluding hydrogens is 137 g/mol. The highest BCUT2D eigenvalue weighted by Gasteiger charge is 2.38. The minimum Gasteiger partial charge on any atom is -0.479 e. The summed E-state index contributed by atoms with van der Waals surface area (Å²) in [6.07, 6.45) is -3.56. The lowest BCUT2D eigenvalue weighted by atomic mass is 10.00. The molecule has 0 aromatic heterocycles. The van der Waals surface area contributed by atoms with Crippen LogP contribution in [-0.2, 0) is 9.59 Å². The second-order valence-corrected chi connectivity index (χ2v) is 1.70. The molecular formula is C6H10O4. The summed E-state index contributed by atoms with van der Waals surface area (Å²) >= 11 is 0. The van der Waals surface area contributed by atoms with Crippen LogP contribution in [0.3, 0.4) is 0 Å². The van der Waals surface area contributed by atoms with E-state index >= 15 is 0 Å². The van der Waals surface area contributed by atoms with Crippen molar-refractivity contribution in [2.75, 3.05) is 0 Å². The Morgan fingerprint density at radius 1 is 1.80 bits per heavy atom. The van der Waals surface area contributed by atoms with Gasteiger partial charge in [-0.3, -0.25) is 4.79 Å². The van der Waals surface area contributed by atoms with Crippen LogP contribution in [0.4, 0.5) is 0 Å². The maximum absolute atomic E-state index is 10.9. The first-order valence-corrected chi connectivity index (χ1v) is 2.36. The lowest BCUT2D eigenvalue weighted by Gasteiger charge is -2.16. The Labute approximate surface area is 65.5 Å². The molecule has 4 heteroatoms. The van der Waals surface area contributed by atoms with Crippen molar-refractivity contribution in [1.82, 2.24) is 0 Å². The summed E-state index contributed by atoms with van der Waals surface area (Å²) in [5.41, 5.74) is -3.57. The van der Waals surface area contributed by atoms with Crippen molar-refractivity contribution in [1.29, 1.82) is 0 Å². The molecule has 2 N–H and O–H groups in total. The summed E-state index contributed by atoms with van der Waals surface area (Å²) in [4.78, 5) is 21.5. The summed E-state index contributed by atoms with van der Waals surface area (Å²) in [5.74, 6) is -3.70. The predicted octanol–water partition coefficient (Wildman–Crippen LogP) is -0.199. The molecule has 1 unspecified atom stereocenters. The highest BCUT2D eigenvalue weighted by atomic mass is 16.4. The third kappa shape index (κ3) is 1.33. The fraction of sp³-hybridized carbons (Fsp3) is 0.667. The van der Waals surface area contributed by atoms with Crippen molar-refractivity contribution in [3.63, 3.8) is 0 Å². The van der Waals surface area contributed by atoms with E-state index in [0.717, 1.165) is 0 Å². The Morgan fingerprint density at radius 2 is 2.30 bits per heavy atom. The zero-order valence-electron chi connectivity index (χ0n) is 10.2. The molecule has 0 aliphatic heterocycles. The average Bonchev–Trinajstić information content (AvgIpc) is 1.99. The van der Waals surface area contributed by atoms with Crippen molar-refractivity contribution >= 4 is 11.8 Å². The van der Waals surface area contributed by atoms with E-state index in [2.05, 4.69) is 0 Å². The first-order chi connectivity index (χ1) is 6.39. The Morgan fingerprint density at radius 3 is 2.40 bits per heavy atom. The molecule has 0 aliphatic rings. The van der Waals surface area contributed by atoms with Gasteiger partial charge in [0.25, 0.3) is 0 Å². The molecule has 0 radical (unpaired) electrons. The number of hydrogen-bond acceptors (Lipinski definition) is 3. The SMILES string of the molecule is [2H]C([2H])([2H])C([2H])([2H])C(O)(C([13CH3])=O)C(=O)O. The van der Waals surface area contributed by atoms with Crippen LogP contribution >= 0.6 is 0 Å². The number of carboxylic acid groups (broad SMARTS) is 1. The molecule has 1 atom stereocenters. The second kappa shape index (κ2) is 2.79. The quantitative estimate of drug-likeness (QED) is 0.434. The molecule has 0 aliphatic carbocycles. The Balaban J connectivity index is 5.68. The van der Waals surface area contributed by atoms with Crippen molar-refractivity contribution in [3.05, 3.63) is 0 Å². The molecule has 4 nitrogen and oxygen atoms in total. The maximum Gasteiger partial charge on any atom is 0.343 e. The third-order valence-corrected chi connectivity index (χ3v) is 1.000. The fourth-order valence-electron chi connectivity index (χ4n) is 0.292. The summed E-state index contributed by atoms with van der Waals surface area (Å²) in [5, 5.41) is 17.9. The monoisotopic (exact) mass is 152 g/mol. The molecule has 0 heterocycles. The molecule has 0 fully saturated rings. The molecule has 0 spiro atoms. The van der Waals surface area contributed by atoms with E-state index in [9.17, 15) is 14.7 Å². The van der Waals surface area contributed by atoms with Crippen LogP contribution < -0.4 is 0 Å². The zero-order chi connectivity index (χ0) is 12.7. The number of Topliss-reactive ketones (excluding diaryl/α,β-unsaturated/α-hetero) is 1. The molecule has 10 heavy (non-hydrogen) atoms. The third-order valence-electron chi connectivity index (χ3n) is 1.000. The number of aliphatic hydroxyl groups is 1. The van der Waals surface area contributed by atoms with Gasteiger partial charge in [0.1, 0.15) is 0 Å². The van der Waals surface area contributed by atoms with Gasteiger partial charge in [-0.1, -0.05) is 6.85 Å². The van der Waals surface area contributed by atoms with E-state index < -0.39 is 30.6 Å². The van der Waals surface area contributed by atoms with Gasteiger partial charge < -0.3 is 10.2 Å². The summed E-state index contributed by atoms with van der Waals surface area (Å²) in [6.45, 7) is -2.82. The minimum atomic E-state index is -3.57. The maximum atomic E-state index is 10.9. The fourth-order valence-corrected chi connectivity index (χ4v) is 0.292. The van der Waals surface area contributed by atoms with Gasteiger partial charge in [-0.25, -0.2) is 4.79 Å². The van der Waals surface area contributed by atoms with E-state index in [4.69, 9.17) is 12.0 Å². The number of carbonyl (C=O) groups excluding carboxylic acids is 1. The van der Waals surface area contributed by atoms with Crippen molar-refractivity contribution in [2.24, 2.45) is 0 Å². The lowest BCUT2D eigenvalue weighted by molar-refractivity contribution is -0.164. The molecule has 0 saturated carbocycles. The minimum absolute atomic E-state index is 0.609. The van der Waals surface area contributed by atoms with Gasteiger partial charge in [0.05, 0.1) is 0 Å². The number of aliphatic carboxylic acids is 1. The zero-order valence-corrected chi connectivity index (χ0v) is 5.21. The topological polar surface area (TPSA) is 74.6 Å². The van der Waals surface area contributed by atoms with Gasteiger partial charge in [0, 0.05) is 6.85 Å². The predicted molar refractivity (Wildman–Crippen MR) is 33.6 cm³/mol. The molecule has 0 bridgehead atoms. The van der Waals surface area contributed by atoms with Gasteiger partial charge >= 0.3 is 5.97 Å². The van der Waals surface area contributed by atoms with E-state index in [-0.39, 0.29) is 0 Å². The number of hydrogen-bond donors (Lipinski definition) is 2. The molecule has 0 amide bonds. The van der Waals surface area contributed by atoms with Crippen LogP contribution in [-0.4, -0.2) is 27.6 Å². The Hall–Kier alpha value is -0.900. The lowest BCUT2D eigenvalue weighted by Crippen LogP contribution is -2.44. The first-order valence-electron chi connectivity index (χ1n) is 4.86. The summed E-state index contributed by atoms with van der Waals surface area (Å²) < 4.78 is 34.4. The second-order valence-electron chi connectivity index (χ2n) is 1.70. The Kier molecular flexibility index (Phi) is 0.970. The number of carbonyl (C=O) groups is 2. The van der Waals surface area contributed by atoms with E-state index in [1.165, 1.54) is 0 Å². The van der Waals surface area contributed by atoms with E-state index in [0.29, 0.717) is 6.92 Å². The summed E-state index contributed by atoms with van der Waals surface area (Å²) in [7, 11) is 0. The molecule has 0 rings (SSSR count). The van der Waals surface area contributed by atoms with Gasteiger partial charge in [0.2, 0.25) is 5.60 Å². The largest absolute Gasteiger partial charge is 0.479 e. The van der Waals surface area contributed by atoms with Gasteiger partial charge in [0.15, 0.2) is 5.78 Å². The summed E-state index contributed by atoms with van der Waals surface area (Å²) in [6, 6.07) is 0. The van der Waals surface area contributed by atoms with Crippen LogP contribution in [0.5, 0.6) is 0 Å². The van der Waals surface area contributed by atoms with Crippen LogP contribution in [0.2, 0.25) is 0 Å². The highest BCUT2D eigenvalue weighted by molar-refractivity contribution is 6.04. The normalized spacial score (nSPS) is 26.0. The van der Waals surface area contributed by atoms with Crippen LogP contribution in [0.25, 0.3) is 0 Å². The van der Waals surface area contributed by atoms with Gasteiger partial charge in [-0.15, -0.1) is 0 Å². The molecule has 0 aromatic rings.